The molecular weight excluding hydrogens is 416 g/mol. The lowest BCUT2D eigenvalue weighted by atomic mass is 10.2. The first-order chi connectivity index (χ1) is 15.1. The van der Waals surface area contributed by atoms with Crippen molar-refractivity contribution < 1.29 is 19.1 Å². The minimum absolute atomic E-state index is 0.0109. The lowest BCUT2D eigenvalue weighted by Gasteiger charge is -2.26. The highest BCUT2D eigenvalue weighted by Crippen LogP contribution is 2.19. The molecule has 31 heavy (non-hydrogen) atoms. The van der Waals surface area contributed by atoms with Gasteiger partial charge in [-0.05, 0) is 42.8 Å². The summed E-state index contributed by atoms with van der Waals surface area (Å²) in [6.45, 7) is 4.46. The molecule has 1 saturated heterocycles. The molecule has 9 heteroatoms. The maximum Gasteiger partial charge on any atom is 0.286 e. The van der Waals surface area contributed by atoms with Gasteiger partial charge in [0.1, 0.15) is 12.4 Å². The molecule has 0 bridgehead atoms. The number of ether oxygens (including phenoxy) is 2. The number of carbonyl (C=O) groups is 2. The maximum atomic E-state index is 12.5. The van der Waals surface area contributed by atoms with E-state index >= 15 is 0 Å². The van der Waals surface area contributed by atoms with Gasteiger partial charge in [0.15, 0.2) is 5.01 Å². The van der Waals surface area contributed by atoms with Crippen molar-refractivity contribution in [3.8, 4) is 5.75 Å². The van der Waals surface area contributed by atoms with Crippen LogP contribution in [0.3, 0.4) is 0 Å². The summed E-state index contributed by atoms with van der Waals surface area (Å²) in [7, 11) is 0. The van der Waals surface area contributed by atoms with E-state index in [1.165, 1.54) is 11.3 Å². The Hall–Kier alpha value is -3.30. The minimum atomic E-state index is -0.302. The molecular formula is C22H22N4O4S. The van der Waals surface area contributed by atoms with Crippen LogP contribution in [-0.2, 0) is 11.3 Å². The fourth-order valence-corrected chi connectivity index (χ4v) is 3.73. The highest BCUT2D eigenvalue weighted by Gasteiger charge is 2.18. The summed E-state index contributed by atoms with van der Waals surface area (Å²) in [4.78, 5) is 26.7. The molecule has 1 aromatic heterocycles. The Morgan fingerprint density at radius 1 is 1.10 bits per heavy atom. The van der Waals surface area contributed by atoms with Crippen LogP contribution in [-0.4, -0.2) is 53.2 Å². The lowest BCUT2D eigenvalue weighted by molar-refractivity contribution is 0.0303. The van der Waals surface area contributed by atoms with Crippen LogP contribution in [0.15, 0.2) is 48.5 Å². The van der Waals surface area contributed by atoms with Gasteiger partial charge in [-0.2, -0.15) is 0 Å². The van der Waals surface area contributed by atoms with Gasteiger partial charge in [-0.3, -0.25) is 9.59 Å². The van der Waals surface area contributed by atoms with E-state index in [0.29, 0.717) is 42.6 Å². The highest BCUT2D eigenvalue weighted by atomic mass is 32.1. The summed E-state index contributed by atoms with van der Waals surface area (Å²) in [5.41, 5.74) is 2.33. The zero-order chi connectivity index (χ0) is 21.6. The summed E-state index contributed by atoms with van der Waals surface area (Å²) < 4.78 is 11.0. The van der Waals surface area contributed by atoms with Crippen molar-refractivity contribution >= 4 is 28.8 Å². The third kappa shape index (κ3) is 5.25. The average molecular weight is 439 g/mol. The van der Waals surface area contributed by atoms with E-state index in [0.717, 1.165) is 11.3 Å². The van der Waals surface area contributed by atoms with Crippen molar-refractivity contribution in [1.82, 2.24) is 15.1 Å². The van der Waals surface area contributed by atoms with Gasteiger partial charge in [0.2, 0.25) is 5.01 Å². The molecule has 0 saturated carbocycles. The monoisotopic (exact) mass is 438 g/mol. The van der Waals surface area contributed by atoms with Crippen molar-refractivity contribution in [2.75, 3.05) is 31.6 Å². The number of benzene rings is 2. The van der Waals surface area contributed by atoms with Crippen molar-refractivity contribution in [3.05, 3.63) is 69.7 Å². The molecule has 160 valence electrons. The number of hydrogen-bond acceptors (Lipinski definition) is 7. The topological polar surface area (TPSA) is 93.7 Å². The first-order valence-corrected chi connectivity index (χ1v) is 10.7. The predicted molar refractivity (Wildman–Crippen MR) is 117 cm³/mol. The summed E-state index contributed by atoms with van der Waals surface area (Å²) in [6, 6.07) is 14.5. The van der Waals surface area contributed by atoms with Gasteiger partial charge in [0.25, 0.3) is 11.8 Å². The molecule has 3 aromatic rings. The fraction of sp³-hybridized carbons (Fsp3) is 0.273. The van der Waals surface area contributed by atoms with Crippen LogP contribution in [0, 0.1) is 6.92 Å². The van der Waals surface area contributed by atoms with Gasteiger partial charge in [-0.1, -0.05) is 29.5 Å². The number of aryl methyl sites for hydroxylation is 1. The number of para-hydroxylation sites is 1. The standard InChI is InChI=1S/C22H22N4O4S/c1-15-4-2-3-5-18(15)23-20(27)21-25-24-19(31-21)14-30-17-8-6-16(7-9-17)22(28)26-10-12-29-13-11-26/h2-9H,10-14H2,1H3,(H,23,27). The first kappa shape index (κ1) is 21.0. The van der Waals surface area contributed by atoms with Crippen LogP contribution < -0.4 is 10.1 Å². The molecule has 0 atom stereocenters. The van der Waals surface area contributed by atoms with Gasteiger partial charge >= 0.3 is 0 Å². The number of hydrogen-bond donors (Lipinski definition) is 1. The SMILES string of the molecule is Cc1ccccc1NC(=O)c1nnc(COc2ccc(C(=O)N3CCOCC3)cc2)s1. The molecule has 2 heterocycles. The van der Waals surface area contributed by atoms with Crippen LogP contribution in [0.4, 0.5) is 5.69 Å². The Morgan fingerprint density at radius 3 is 2.58 bits per heavy atom. The smallest absolute Gasteiger partial charge is 0.286 e. The van der Waals surface area contributed by atoms with E-state index < -0.39 is 0 Å². The number of anilines is 1. The van der Waals surface area contributed by atoms with E-state index in [4.69, 9.17) is 9.47 Å². The molecule has 1 N–H and O–H groups in total. The maximum absolute atomic E-state index is 12.5. The largest absolute Gasteiger partial charge is 0.486 e. The molecule has 1 aliphatic rings. The van der Waals surface area contributed by atoms with Crippen LogP contribution in [0.2, 0.25) is 0 Å². The van der Waals surface area contributed by atoms with Gasteiger partial charge in [-0.15, -0.1) is 10.2 Å². The van der Waals surface area contributed by atoms with Crippen LogP contribution in [0.25, 0.3) is 0 Å². The highest BCUT2D eigenvalue weighted by molar-refractivity contribution is 7.13. The Bertz CT molecular complexity index is 1060. The molecule has 2 aromatic carbocycles. The van der Waals surface area contributed by atoms with Gasteiger partial charge in [-0.25, -0.2) is 0 Å². The molecule has 0 spiro atoms. The summed E-state index contributed by atoms with van der Waals surface area (Å²) >= 11 is 1.18. The van der Waals surface area contributed by atoms with Crippen LogP contribution in [0.5, 0.6) is 5.75 Å². The van der Waals surface area contributed by atoms with Crippen molar-refractivity contribution in [2.24, 2.45) is 0 Å². The molecule has 2 amide bonds. The van der Waals surface area contributed by atoms with E-state index in [1.807, 2.05) is 31.2 Å². The van der Waals surface area contributed by atoms with E-state index in [1.54, 1.807) is 29.2 Å². The van der Waals surface area contributed by atoms with E-state index in [2.05, 4.69) is 15.5 Å². The second-order valence-electron chi connectivity index (χ2n) is 6.99. The average Bonchev–Trinajstić information content (AvgIpc) is 3.29. The lowest BCUT2D eigenvalue weighted by Crippen LogP contribution is -2.40. The van der Waals surface area contributed by atoms with Gasteiger partial charge in [0.05, 0.1) is 13.2 Å². The molecule has 1 aliphatic heterocycles. The second kappa shape index (κ2) is 9.67. The quantitative estimate of drug-likeness (QED) is 0.636. The zero-order valence-electron chi connectivity index (χ0n) is 17.0. The number of amides is 2. The third-order valence-corrected chi connectivity index (χ3v) is 5.71. The Labute approximate surface area is 183 Å². The molecule has 1 fully saturated rings. The first-order valence-electron chi connectivity index (χ1n) is 9.89. The Morgan fingerprint density at radius 2 is 1.84 bits per heavy atom. The number of nitrogens with zero attached hydrogens (tertiary/aromatic N) is 3. The van der Waals surface area contributed by atoms with E-state index in [-0.39, 0.29) is 23.4 Å². The molecule has 0 unspecified atom stereocenters. The normalized spacial score (nSPS) is 13.6. The summed E-state index contributed by atoms with van der Waals surface area (Å²) in [6.07, 6.45) is 0. The molecule has 0 radical (unpaired) electrons. The number of morpholine rings is 1. The van der Waals surface area contributed by atoms with Crippen molar-refractivity contribution in [3.63, 3.8) is 0 Å². The molecule has 8 nitrogen and oxygen atoms in total. The van der Waals surface area contributed by atoms with Crippen molar-refractivity contribution in [1.29, 1.82) is 0 Å². The van der Waals surface area contributed by atoms with Gasteiger partial charge in [0, 0.05) is 24.3 Å². The van der Waals surface area contributed by atoms with Crippen LogP contribution >= 0.6 is 11.3 Å². The third-order valence-electron chi connectivity index (χ3n) is 4.82. The van der Waals surface area contributed by atoms with Crippen molar-refractivity contribution in [2.45, 2.75) is 13.5 Å². The number of rotatable bonds is 6. The number of aromatic nitrogens is 2. The summed E-state index contributed by atoms with van der Waals surface area (Å²) in [5.74, 6) is 0.298. The molecule has 0 aliphatic carbocycles. The fourth-order valence-electron chi connectivity index (χ4n) is 3.08. The zero-order valence-corrected chi connectivity index (χ0v) is 17.9. The summed E-state index contributed by atoms with van der Waals surface area (Å²) in [5, 5.41) is 11.7. The van der Waals surface area contributed by atoms with Gasteiger partial charge < -0.3 is 19.7 Å². The number of nitrogens with one attached hydrogen (secondary N) is 1. The minimum Gasteiger partial charge on any atom is -0.486 e. The van der Waals surface area contributed by atoms with Crippen LogP contribution in [0.1, 0.15) is 30.7 Å². The number of carbonyl (C=O) groups excluding carboxylic acids is 2. The van der Waals surface area contributed by atoms with E-state index in [9.17, 15) is 9.59 Å². The Balaban J connectivity index is 1.31. The second-order valence-corrected chi connectivity index (χ2v) is 8.05. The molecule has 4 rings (SSSR count). The Kier molecular flexibility index (Phi) is 6.54. The predicted octanol–water partition coefficient (Wildman–Crippen LogP) is 3.15.